The molecule has 2 heterocycles. The molecule has 9 nitrogen and oxygen atoms in total. The van der Waals surface area contributed by atoms with E-state index in [1.165, 1.54) is 5.01 Å². The van der Waals surface area contributed by atoms with Crippen molar-refractivity contribution in [2.75, 3.05) is 30.0 Å². The number of anilines is 2. The Bertz CT molecular complexity index is 1040. The van der Waals surface area contributed by atoms with Crippen LogP contribution in [0.1, 0.15) is 28.8 Å². The number of amides is 3. The van der Waals surface area contributed by atoms with Crippen LogP contribution in [0.5, 0.6) is 0 Å². The van der Waals surface area contributed by atoms with Gasteiger partial charge < -0.3 is 15.4 Å². The monoisotopic (exact) mass is 435 g/mol. The third-order valence-electron chi connectivity index (χ3n) is 5.28. The third-order valence-corrected chi connectivity index (χ3v) is 5.28. The molecular formula is C23H25N5O4. The lowest BCUT2D eigenvalue weighted by Gasteiger charge is -2.27. The zero-order valence-corrected chi connectivity index (χ0v) is 17.8. The zero-order chi connectivity index (χ0) is 22.5. The number of aryl methyl sites for hydroxylation is 1. The number of carbonyl (C=O) groups is 3. The van der Waals surface area contributed by atoms with Crippen LogP contribution in [0, 0.1) is 6.92 Å². The highest BCUT2D eigenvalue weighted by Gasteiger charge is 2.26. The number of nitrogens with zero attached hydrogens (tertiary/aromatic N) is 2. The Morgan fingerprint density at radius 1 is 1.16 bits per heavy atom. The van der Waals surface area contributed by atoms with Crippen LogP contribution in [0.25, 0.3) is 0 Å². The number of hydrogen-bond acceptors (Lipinski definition) is 6. The predicted octanol–water partition coefficient (Wildman–Crippen LogP) is 1.79. The van der Waals surface area contributed by atoms with Gasteiger partial charge in [0.2, 0.25) is 5.84 Å². The highest BCUT2D eigenvalue weighted by Crippen LogP contribution is 2.18. The van der Waals surface area contributed by atoms with Crippen molar-refractivity contribution in [3.63, 3.8) is 0 Å². The number of aliphatic imine (C=N–C) groups is 1. The SMILES string of the molecule is Cc1ccc(N2NC(C(=O)Nc3ccccc3C(=O)NCC3CCCO3)=NCC2=O)cc1. The number of hydrazine groups is 1. The maximum absolute atomic E-state index is 12.9. The normalized spacial score (nSPS) is 18.0. The first-order valence-corrected chi connectivity index (χ1v) is 10.5. The summed E-state index contributed by atoms with van der Waals surface area (Å²) in [4.78, 5) is 41.9. The fourth-order valence-corrected chi connectivity index (χ4v) is 3.52. The van der Waals surface area contributed by atoms with E-state index >= 15 is 0 Å². The summed E-state index contributed by atoms with van der Waals surface area (Å²) in [6, 6.07) is 14.1. The first kappa shape index (κ1) is 21.5. The molecule has 0 spiro atoms. The van der Waals surface area contributed by atoms with Crippen LogP contribution in [0.15, 0.2) is 53.5 Å². The van der Waals surface area contributed by atoms with Gasteiger partial charge in [-0.3, -0.25) is 24.8 Å². The quantitative estimate of drug-likeness (QED) is 0.641. The zero-order valence-electron chi connectivity index (χ0n) is 17.8. The number of rotatable bonds is 6. The summed E-state index contributed by atoms with van der Waals surface area (Å²) < 4.78 is 5.53. The molecule has 166 valence electrons. The topological polar surface area (TPSA) is 112 Å². The van der Waals surface area contributed by atoms with Crippen LogP contribution in [-0.2, 0) is 14.3 Å². The van der Waals surface area contributed by atoms with Crippen molar-refractivity contribution in [3.8, 4) is 0 Å². The Hall–Kier alpha value is -3.72. The van der Waals surface area contributed by atoms with Gasteiger partial charge in [0.25, 0.3) is 17.7 Å². The summed E-state index contributed by atoms with van der Waals surface area (Å²) >= 11 is 0. The number of carbonyl (C=O) groups excluding carboxylic acids is 3. The number of hydrogen-bond donors (Lipinski definition) is 3. The highest BCUT2D eigenvalue weighted by molar-refractivity contribution is 6.43. The molecule has 3 amide bonds. The Kier molecular flexibility index (Phi) is 6.46. The minimum absolute atomic E-state index is 0.0141. The molecule has 0 aliphatic carbocycles. The molecule has 2 aliphatic heterocycles. The Morgan fingerprint density at radius 3 is 2.69 bits per heavy atom. The van der Waals surface area contributed by atoms with Gasteiger partial charge >= 0.3 is 0 Å². The summed E-state index contributed by atoms with van der Waals surface area (Å²) in [5.74, 6) is -1.14. The molecule has 3 N–H and O–H groups in total. The highest BCUT2D eigenvalue weighted by atomic mass is 16.5. The second kappa shape index (κ2) is 9.61. The van der Waals surface area contributed by atoms with Crippen molar-refractivity contribution < 1.29 is 19.1 Å². The van der Waals surface area contributed by atoms with Gasteiger partial charge in [-0.15, -0.1) is 0 Å². The van der Waals surface area contributed by atoms with Crippen molar-refractivity contribution in [2.24, 2.45) is 4.99 Å². The molecule has 2 aromatic rings. The van der Waals surface area contributed by atoms with Crippen LogP contribution in [0.3, 0.4) is 0 Å². The number of benzene rings is 2. The van der Waals surface area contributed by atoms with E-state index in [-0.39, 0.29) is 30.3 Å². The molecule has 9 heteroatoms. The molecular weight excluding hydrogens is 410 g/mol. The average Bonchev–Trinajstić information content (AvgIpc) is 3.32. The van der Waals surface area contributed by atoms with E-state index in [0.717, 1.165) is 18.4 Å². The van der Waals surface area contributed by atoms with Crippen molar-refractivity contribution in [2.45, 2.75) is 25.9 Å². The smallest absolute Gasteiger partial charge is 0.292 e. The van der Waals surface area contributed by atoms with Crippen LogP contribution in [0.4, 0.5) is 11.4 Å². The molecule has 0 saturated carbocycles. The molecule has 0 radical (unpaired) electrons. The van der Waals surface area contributed by atoms with Gasteiger partial charge in [0.1, 0.15) is 6.54 Å². The van der Waals surface area contributed by atoms with Crippen molar-refractivity contribution >= 4 is 34.9 Å². The van der Waals surface area contributed by atoms with Crippen molar-refractivity contribution in [1.29, 1.82) is 0 Å². The van der Waals surface area contributed by atoms with Crippen LogP contribution in [0.2, 0.25) is 0 Å². The van der Waals surface area contributed by atoms with Gasteiger partial charge in [-0.1, -0.05) is 29.8 Å². The Morgan fingerprint density at radius 2 is 1.94 bits per heavy atom. The molecule has 1 atom stereocenters. The summed E-state index contributed by atoms with van der Waals surface area (Å²) in [6.45, 7) is 2.92. The lowest BCUT2D eigenvalue weighted by molar-refractivity contribution is -0.118. The van der Waals surface area contributed by atoms with E-state index < -0.39 is 5.91 Å². The van der Waals surface area contributed by atoms with Crippen molar-refractivity contribution in [3.05, 3.63) is 59.7 Å². The first-order chi connectivity index (χ1) is 15.5. The van der Waals surface area contributed by atoms with Gasteiger partial charge in [0.05, 0.1) is 23.0 Å². The van der Waals surface area contributed by atoms with E-state index in [2.05, 4.69) is 21.1 Å². The largest absolute Gasteiger partial charge is 0.376 e. The summed E-state index contributed by atoms with van der Waals surface area (Å²) in [6.07, 6.45) is 1.93. The number of para-hydroxylation sites is 1. The van der Waals surface area contributed by atoms with Crippen LogP contribution >= 0.6 is 0 Å². The lowest BCUT2D eigenvalue weighted by atomic mass is 10.1. The Balaban J connectivity index is 1.43. The van der Waals surface area contributed by atoms with E-state index in [0.29, 0.717) is 30.1 Å². The Labute approximate surface area is 185 Å². The fourth-order valence-electron chi connectivity index (χ4n) is 3.52. The molecule has 0 aromatic heterocycles. The number of amidine groups is 1. The molecule has 32 heavy (non-hydrogen) atoms. The standard InChI is InChI=1S/C23H25N5O4/c1-15-8-10-16(11-9-15)28-20(29)14-24-21(27-28)23(31)26-19-7-3-2-6-18(19)22(30)25-13-17-5-4-12-32-17/h2-3,6-11,17H,4-5,12-14H2,1H3,(H,24,27)(H,25,30)(H,26,31). The summed E-state index contributed by atoms with van der Waals surface area (Å²) in [5.41, 5.74) is 5.12. The van der Waals surface area contributed by atoms with Crippen LogP contribution < -0.4 is 21.1 Å². The first-order valence-electron chi connectivity index (χ1n) is 10.5. The average molecular weight is 435 g/mol. The van der Waals surface area contributed by atoms with E-state index in [4.69, 9.17) is 4.74 Å². The number of nitrogens with one attached hydrogen (secondary N) is 3. The minimum Gasteiger partial charge on any atom is -0.376 e. The van der Waals surface area contributed by atoms with Gasteiger partial charge in [0, 0.05) is 13.2 Å². The fraction of sp³-hybridized carbons (Fsp3) is 0.304. The van der Waals surface area contributed by atoms with Crippen molar-refractivity contribution in [1.82, 2.24) is 10.7 Å². The summed E-state index contributed by atoms with van der Waals surface area (Å²) in [5, 5.41) is 6.87. The lowest BCUT2D eigenvalue weighted by Crippen LogP contribution is -2.54. The molecule has 1 fully saturated rings. The van der Waals surface area contributed by atoms with Crippen LogP contribution in [-0.4, -0.2) is 49.4 Å². The van der Waals surface area contributed by atoms with E-state index in [1.807, 2.05) is 19.1 Å². The molecule has 4 rings (SSSR count). The molecule has 1 saturated heterocycles. The second-order valence-electron chi connectivity index (χ2n) is 7.69. The van der Waals surface area contributed by atoms with Gasteiger partial charge in [0.15, 0.2) is 0 Å². The molecule has 2 aromatic carbocycles. The van der Waals surface area contributed by atoms with Gasteiger partial charge in [-0.2, -0.15) is 0 Å². The second-order valence-corrected chi connectivity index (χ2v) is 7.69. The molecule has 0 bridgehead atoms. The predicted molar refractivity (Wildman–Crippen MR) is 120 cm³/mol. The maximum atomic E-state index is 12.9. The van der Waals surface area contributed by atoms with Gasteiger partial charge in [-0.25, -0.2) is 5.01 Å². The minimum atomic E-state index is -0.547. The van der Waals surface area contributed by atoms with E-state index in [9.17, 15) is 14.4 Å². The van der Waals surface area contributed by atoms with Gasteiger partial charge in [-0.05, 0) is 44.0 Å². The van der Waals surface area contributed by atoms with E-state index in [1.54, 1.807) is 36.4 Å². The molecule has 2 aliphatic rings. The molecule has 1 unspecified atom stereocenters. The third kappa shape index (κ3) is 4.94. The summed E-state index contributed by atoms with van der Waals surface area (Å²) in [7, 11) is 0. The maximum Gasteiger partial charge on any atom is 0.292 e. The number of ether oxygens (including phenoxy) is 1.